The number of ether oxygens (including phenoxy) is 1. The number of methoxy groups -OCH3 is 1. The number of aryl methyl sites for hydroxylation is 1. The molecule has 0 saturated heterocycles. The van der Waals surface area contributed by atoms with E-state index in [1.807, 2.05) is 11.3 Å². The van der Waals surface area contributed by atoms with Gasteiger partial charge in [0.15, 0.2) is 0 Å². The highest BCUT2D eigenvalue weighted by atomic mass is 32.1. The van der Waals surface area contributed by atoms with Crippen LogP contribution in [-0.2, 0) is 4.74 Å². The van der Waals surface area contributed by atoms with Gasteiger partial charge in [-0.1, -0.05) is 13.8 Å². The monoisotopic (exact) mass is 241 g/mol. The molecule has 0 bridgehead atoms. The Bertz CT molecular complexity index is 298. The van der Waals surface area contributed by atoms with Gasteiger partial charge in [-0.3, -0.25) is 0 Å². The quantitative estimate of drug-likeness (QED) is 0.790. The van der Waals surface area contributed by atoms with Crippen LogP contribution in [0.5, 0.6) is 0 Å². The summed E-state index contributed by atoms with van der Waals surface area (Å²) in [5, 5.41) is 3.58. The number of nitrogens with one attached hydrogen (secondary N) is 1. The predicted molar refractivity (Wildman–Crippen MR) is 71.1 cm³/mol. The summed E-state index contributed by atoms with van der Waals surface area (Å²) in [5.74, 6) is 0.609. The zero-order valence-corrected chi connectivity index (χ0v) is 11.6. The van der Waals surface area contributed by atoms with Crippen molar-refractivity contribution in [3.8, 4) is 0 Å². The topological polar surface area (TPSA) is 21.3 Å². The van der Waals surface area contributed by atoms with E-state index in [4.69, 9.17) is 4.74 Å². The van der Waals surface area contributed by atoms with E-state index in [0.29, 0.717) is 12.0 Å². The molecule has 1 rings (SSSR count). The van der Waals surface area contributed by atoms with Crippen LogP contribution in [0.2, 0.25) is 0 Å². The van der Waals surface area contributed by atoms with Gasteiger partial charge in [-0.25, -0.2) is 0 Å². The van der Waals surface area contributed by atoms with Crippen molar-refractivity contribution in [2.75, 3.05) is 20.3 Å². The second-order valence-electron chi connectivity index (χ2n) is 4.24. The molecule has 92 valence electrons. The molecule has 0 aliphatic heterocycles. The van der Waals surface area contributed by atoms with E-state index < -0.39 is 0 Å². The molecule has 2 unspecified atom stereocenters. The molecule has 0 radical (unpaired) electrons. The third-order valence-corrected chi connectivity index (χ3v) is 3.92. The molecule has 0 aromatic carbocycles. The lowest BCUT2D eigenvalue weighted by atomic mass is 9.97. The van der Waals surface area contributed by atoms with Crippen molar-refractivity contribution in [2.45, 2.75) is 33.2 Å². The highest BCUT2D eigenvalue weighted by molar-refractivity contribution is 7.12. The number of rotatable bonds is 7. The van der Waals surface area contributed by atoms with Crippen molar-refractivity contribution < 1.29 is 4.74 Å². The summed E-state index contributed by atoms with van der Waals surface area (Å²) in [6.07, 6.45) is 1.10. The first kappa shape index (κ1) is 13.7. The fourth-order valence-corrected chi connectivity index (χ4v) is 2.98. The van der Waals surface area contributed by atoms with Gasteiger partial charge in [-0.05, 0) is 37.9 Å². The van der Waals surface area contributed by atoms with Crippen molar-refractivity contribution in [2.24, 2.45) is 5.92 Å². The molecule has 0 aliphatic rings. The molecular formula is C13H23NOS. The second kappa shape index (κ2) is 7.05. The normalized spacial score (nSPS) is 15.0. The molecule has 0 spiro atoms. The molecule has 0 fully saturated rings. The minimum Gasteiger partial charge on any atom is -0.385 e. The maximum absolute atomic E-state index is 5.16. The van der Waals surface area contributed by atoms with Gasteiger partial charge in [0.1, 0.15) is 0 Å². The van der Waals surface area contributed by atoms with Crippen LogP contribution in [0, 0.1) is 12.8 Å². The molecular weight excluding hydrogens is 218 g/mol. The van der Waals surface area contributed by atoms with Crippen LogP contribution < -0.4 is 5.32 Å². The lowest BCUT2D eigenvalue weighted by molar-refractivity contribution is 0.171. The molecule has 16 heavy (non-hydrogen) atoms. The van der Waals surface area contributed by atoms with Crippen LogP contribution in [0.15, 0.2) is 12.1 Å². The minimum absolute atomic E-state index is 0.471. The van der Waals surface area contributed by atoms with Gasteiger partial charge in [0, 0.05) is 29.5 Å². The average molecular weight is 241 g/mol. The van der Waals surface area contributed by atoms with E-state index in [9.17, 15) is 0 Å². The Morgan fingerprint density at radius 2 is 2.19 bits per heavy atom. The van der Waals surface area contributed by atoms with Crippen molar-refractivity contribution in [3.05, 3.63) is 21.9 Å². The molecule has 0 aliphatic carbocycles. The molecule has 1 aromatic heterocycles. The number of thiophene rings is 1. The summed E-state index contributed by atoms with van der Waals surface area (Å²) in [7, 11) is 1.77. The Morgan fingerprint density at radius 1 is 1.44 bits per heavy atom. The van der Waals surface area contributed by atoms with Gasteiger partial charge in [-0.15, -0.1) is 11.3 Å². The average Bonchev–Trinajstić information content (AvgIpc) is 2.69. The first-order chi connectivity index (χ1) is 7.69. The summed E-state index contributed by atoms with van der Waals surface area (Å²) < 4.78 is 5.16. The van der Waals surface area contributed by atoms with E-state index in [1.54, 1.807) is 7.11 Å². The Kier molecular flexibility index (Phi) is 6.03. The number of hydrogen-bond donors (Lipinski definition) is 1. The Balaban J connectivity index is 2.66. The van der Waals surface area contributed by atoms with Crippen LogP contribution in [0.1, 0.15) is 36.1 Å². The molecule has 1 aromatic rings. The van der Waals surface area contributed by atoms with E-state index >= 15 is 0 Å². The van der Waals surface area contributed by atoms with Crippen molar-refractivity contribution >= 4 is 11.3 Å². The molecule has 2 nitrogen and oxygen atoms in total. The van der Waals surface area contributed by atoms with Crippen molar-refractivity contribution in [1.82, 2.24) is 5.32 Å². The lowest BCUT2D eigenvalue weighted by Gasteiger charge is -2.23. The maximum atomic E-state index is 5.16. The molecule has 2 atom stereocenters. The van der Waals surface area contributed by atoms with Crippen molar-refractivity contribution in [1.29, 1.82) is 0 Å². The van der Waals surface area contributed by atoms with Gasteiger partial charge in [-0.2, -0.15) is 0 Å². The van der Waals surface area contributed by atoms with Gasteiger partial charge in [0.25, 0.3) is 0 Å². The SMILES string of the molecule is CCNC(c1ccc(C)s1)C(C)CCOC. The van der Waals surface area contributed by atoms with Crippen LogP contribution >= 0.6 is 11.3 Å². The van der Waals surface area contributed by atoms with Crippen molar-refractivity contribution in [3.63, 3.8) is 0 Å². The zero-order chi connectivity index (χ0) is 12.0. The smallest absolute Gasteiger partial charge is 0.0465 e. The third kappa shape index (κ3) is 3.89. The fourth-order valence-electron chi connectivity index (χ4n) is 1.89. The zero-order valence-electron chi connectivity index (χ0n) is 10.7. The standard InChI is InChI=1S/C13H23NOS/c1-5-14-13(10(2)8-9-15-4)12-7-6-11(3)16-12/h6-7,10,13-14H,5,8-9H2,1-4H3. The van der Waals surface area contributed by atoms with E-state index in [1.165, 1.54) is 9.75 Å². The second-order valence-corrected chi connectivity index (χ2v) is 5.56. The van der Waals surface area contributed by atoms with Gasteiger partial charge in [0.05, 0.1) is 0 Å². The van der Waals surface area contributed by atoms with E-state index in [0.717, 1.165) is 19.6 Å². The summed E-state index contributed by atoms with van der Waals surface area (Å²) in [6.45, 7) is 8.47. The van der Waals surface area contributed by atoms with Gasteiger partial charge < -0.3 is 10.1 Å². The summed E-state index contributed by atoms with van der Waals surface area (Å²) >= 11 is 1.89. The highest BCUT2D eigenvalue weighted by Crippen LogP contribution is 2.29. The van der Waals surface area contributed by atoms with Crippen LogP contribution in [-0.4, -0.2) is 20.3 Å². The van der Waals surface area contributed by atoms with Crippen LogP contribution in [0.25, 0.3) is 0 Å². The third-order valence-electron chi connectivity index (χ3n) is 2.84. The van der Waals surface area contributed by atoms with Gasteiger partial charge in [0.2, 0.25) is 0 Å². The summed E-state index contributed by atoms with van der Waals surface area (Å²) in [6, 6.07) is 4.92. The fraction of sp³-hybridized carbons (Fsp3) is 0.692. The molecule has 0 amide bonds. The Morgan fingerprint density at radius 3 is 2.69 bits per heavy atom. The highest BCUT2D eigenvalue weighted by Gasteiger charge is 2.19. The number of hydrogen-bond acceptors (Lipinski definition) is 3. The maximum Gasteiger partial charge on any atom is 0.0465 e. The van der Waals surface area contributed by atoms with E-state index in [-0.39, 0.29) is 0 Å². The Hall–Kier alpha value is -0.380. The first-order valence-electron chi connectivity index (χ1n) is 5.97. The summed E-state index contributed by atoms with van der Waals surface area (Å²) in [5.41, 5.74) is 0. The van der Waals surface area contributed by atoms with Crippen LogP contribution in [0.3, 0.4) is 0 Å². The minimum atomic E-state index is 0.471. The largest absolute Gasteiger partial charge is 0.385 e. The lowest BCUT2D eigenvalue weighted by Crippen LogP contribution is -2.26. The molecule has 3 heteroatoms. The molecule has 1 heterocycles. The van der Waals surface area contributed by atoms with Gasteiger partial charge >= 0.3 is 0 Å². The molecule has 0 saturated carbocycles. The predicted octanol–water partition coefficient (Wildman–Crippen LogP) is 3.38. The molecule has 1 N–H and O–H groups in total. The first-order valence-corrected chi connectivity index (χ1v) is 6.79. The summed E-state index contributed by atoms with van der Waals surface area (Å²) in [4.78, 5) is 2.83. The van der Waals surface area contributed by atoms with E-state index in [2.05, 4.69) is 38.2 Å². The van der Waals surface area contributed by atoms with Crippen LogP contribution in [0.4, 0.5) is 0 Å². The Labute approximate surface area is 103 Å².